The molecule has 0 aromatic heterocycles. The number of imide groups is 1. The van der Waals surface area contributed by atoms with Gasteiger partial charge in [-0.05, 0) is 30.2 Å². The predicted octanol–water partition coefficient (Wildman–Crippen LogP) is 1.92. The molecule has 3 fully saturated rings. The Labute approximate surface area is 177 Å². The van der Waals surface area contributed by atoms with E-state index in [1.54, 1.807) is 0 Å². The lowest BCUT2D eigenvalue weighted by atomic mass is 9.63. The van der Waals surface area contributed by atoms with Crippen LogP contribution >= 0.6 is 0 Å². The molecule has 30 heavy (non-hydrogen) atoms. The second-order valence-corrected chi connectivity index (χ2v) is 9.06. The Morgan fingerprint density at radius 1 is 0.867 bits per heavy atom. The highest BCUT2D eigenvalue weighted by Crippen LogP contribution is 2.49. The molecule has 4 atom stereocenters. The standard InChI is InChI=1S/C24H29N3O3/c28-20(26-14-12-25(13-15-26)16-17-4-2-1-3-5-17)10-11-27-23(29)21-18-6-7-19(9-8-18)22(21)24(27)30/h1-7,18-19,21-22H,8-16H2/t18-,19-,21+,22+/m0/s1. The van der Waals surface area contributed by atoms with E-state index >= 15 is 0 Å². The predicted molar refractivity (Wildman–Crippen MR) is 112 cm³/mol. The largest absolute Gasteiger partial charge is 0.340 e. The first-order valence-electron chi connectivity index (χ1n) is 11.2. The fraction of sp³-hybridized carbons (Fsp3) is 0.542. The SMILES string of the molecule is O=C(CCN1C(=O)[C@H]2[C@H](C1=O)[C@H]1C=C[C@H]2CC1)N1CCN(Cc2ccccc2)CC1. The zero-order valence-electron chi connectivity index (χ0n) is 17.3. The first-order chi connectivity index (χ1) is 14.6. The summed E-state index contributed by atoms with van der Waals surface area (Å²) in [6.07, 6.45) is 6.50. The molecule has 2 heterocycles. The summed E-state index contributed by atoms with van der Waals surface area (Å²) in [4.78, 5) is 44.1. The molecule has 6 rings (SSSR count). The van der Waals surface area contributed by atoms with Crippen LogP contribution in [-0.2, 0) is 20.9 Å². The Morgan fingerprint density at radius 2 is 1.47 bits per heavy atom. The topological polar surface area (TPSA) is 60.9 Å². The molecule has 0 radical (unpaired) electrons. The fourth-order valence-electron chi connectivity index (χ4n) is 5.72. The van der Waals surface area contributed by atoms with Crippen LogP contribution in [0.1, 0.15) is 24.8 Å². The van der Waals surface area contributed by atoms with Gasteiger partial charge in [0.2, 0.25) is 17.7 Å². The summed E-state index contributed by atoms with van der Waals surface area (Å²) in [6.45, 7) is 4.23. The Morgan fingerprint density at radius 3 is 2.03 bits per heavy atom. The Kier molecular flexibility index (Phi) is 5.19. The van der Waals surface area contributed by atoms with Gasteiger partial charge in [-0.2, -0.15) is 0 Å². The Bertz CT molecular complexity index is 828. The zero-order valence-corrected chi connectivity index (χ0v) is 17.3. The summed E-state index contributed by atoms with van der Waals surface area (Å²) >= 11 is 0. The molecule has 1 aromatic carbocycles. The number of carbonyl (C=O) groups excluding carboxylic acids is 3. The Balaban J connectivity index is 1.12. The van der Waals surface area contributed by atoms with Crippen LogP contribution in [-0.4, -0.2) is 65.1 Å². The van der Waals surface area contributed by atoms with Crippen molar-refractivity contribution in [2.24, 2.45) is 23.7 Å². The van der Waals surface area contributed by atoms with Gasteiger partial charge in [-0.1, -0.05) is 42.5 Å². The minimum Gasteiger partial charge on any atom is -0.340 e. The van der Waals surface area contributed by atoms with Crippen molar-refractivity contribution >= 4 is 17.7 Å². The van der Waals surface area contributed by atoms with Crippen molar-refractivity contribution < 1.29 is 14.4 Å². The van der Waals surface area contributed by atoms with Gasteiger partial charge in [0.25, 0.3) is 0 Å². The molecule has 0 N–H and O–H groups in total. The fourth-order valence-corrected chi connectivity index (χ4v) is 5.72. The summed E-state index contributed by atoms with van der Waals surface area (Å²) in [5.41, 5.74) is 1.29. The normalized spacial score (nSPS) is 30.8. The average molecular weight is 408 g/mol. The van der Waals surface area contributed by atoms with E-state index in [-0.39, 0.29) is 54.4 Å². The second-order valence-electron chi connectivity index (χ2n) is 9.06. The molecular formula is C24H29N3O3. The highest BCUT2D eigenvalue weighted by Gasteiger charge is 2.56. The minimum absolute atomic E-state index is 0.0472. The van der Waals surface area contributed by atoms with Crippen molar-refractivity contribution in [2.75, 3.05) is 32.7 Å². The maximum absolute atomic E-state index is 12.9. The molecule has 1 saturated carbocycles. The van der Waals surface area contributed by atoms with Gasteiger partial charge in [-0.15, -0.1) is 0 Å². The van der Waals surface area contributed by atoms with Crippen molar-refractivity contribution in [3.63, 3.8) is 0 Å². The number of fused-ring (bicyclic) bond motifs is 1. The monoisotopic (exact) mass is 407 g/mol. The van der Waals surface area contributed by atoms with E-state index in [0.29, 0.717) is 13.1 Å². The maximum atomic E-state index is 12.9. The number of amides is 3. The average Bonchev–Trinajstić information content (AvgIpc) is 3.06. The highest BCUT2D eigenvalue weighted by atomic mass is 16.2. The summed E-state index contributed by atoms with van der Waals surface area (Å²) in [5.74, 6) is -0.0135. The molecule has 1 aromatic rings. The van der Waals surface area contributed by atoms with Crippen molar-refractivity contribution in [1.29, 1.82) is 0 Å². The van der Waals surface area contributed by atoms with Gasteiger partial charge in [0.15, 0.2) is 0 Å². The Hall–Kier alpha value is -2.47. The lowest BCUT2D eigenvalue weighted by Crippen LogP contribution is -2.49. The van der Waals surface area contributed by atoms with E-state index in [1.165, 1.54) is 10.5 Å². The molecule has 6 nitrogen and oxygen atoms in total. The number of likely N-dealkylation sites (tertiary alicyclic amines) is 1. The van der Waals surface area contributed by atoms with Crippen LogP contribution < -0.4 is 0 Å². The number of rotatable bonds is 5. The summed E-state index contributed by atoms with van der Waals surface area (Å²) in [6, 6.07) is 10.4. The maximum Gasteiger partial charge on any atom is 0.233 e. The van der Waals surface area contributed by atoms with E-state index < -0.39 is 0 Å². The molecule has 2 bridgehead atoms. The van der Waals surface area contributed by atoms with Gasteiger partial charge in [0, 0.05) is 45.7 Å². The van der Waals surface area contributed by atoms with Gasteiger partial charge < -0.3 is 4.90 Å². The molecule has 6 heteroatoms. The molecule has 2 saturated heterocycles. The highest BCUT2D eigenvalue weighted by molar-refractivity contribution is 6.06. The second kappa shape index (κ2) is 7.99. The third kappa shape index (κ3) is 3.47. The van der Waals surface area contributed by atoms with Crippen LogP contribution in [0.4, 0.5) is 0 Å². The number of carbonyl (C=O) groups is 3. The molecule has 158 valence electrons. The first-order valence-corrected chi connectivity index (χ1v) is 11.2. The third-order valence-electron chi connectivity index (χ3n) is 7.37. The number of hydrogen-bond donors (Lipinski definition) is 0. The lowest BCUT2D eigenvalue weighted by Gasteiger charge is -2.38. The first kappa shape index (κ1) is 19.5. The van der Waals surface area contributed by atoms with Crippen LogP contribution in [0.15, 0.2) is 42.5 Å². The van der Waals surface area contributed by atoms with Crippen molar-refractivity contribution in [3.8, 4) is 0 Å². The van der Waals surface area contributed by atoms with Crippen LogP contribution in [0.25, 0.3) is 0 Å². The number of benzene rings is 1. The minimum atomic E-state index is -0.183. The third-order valence-corrected chi connectivity index (χ3v) is 7.37. The molecule has 0 spiro atoms. The van der Waals surface area contributed by atoms with Crippen molar-refractivity contribution in [1.82, 2.24) is 14.7 Å². The summed E-state index contributed by atoms with van der Waals surface area (Å²) < 4.78 is 0. The lowest BCUT2D eigenvalue weighted by molar-refractivity contribution is -0.141. The molecule has 2 aliphatic heterocycles. The van der Waals surface area contributed by atoms with Gasteiger partial charge >= 0.3 is 0 Å². The quantitative estimate of drug-likeness (QED) is 0.553. The number of hydrogen-bond acceptors (Lipinski definition) is 4. The van der Waals surface area contributed by atoms with E-state index in [1.807, 2.05) is 23.1 Å². The van der Waals surface area contributed by atoms with Gasteiger partial charge in [-0.25, -0.2) is 0 Å². The van der Waals surface area contributed by atoms with Gasteiger partial charge in [0.05, 0.1) is 11.8 Å². The van der Waals surface area contributed by atoms with E-state index in [4.69, 9.17) is 0 Å². The molecule has 3 aliphatic carbocycles. The van der Waals surface area contributed by atoms with Crippen LogP contribution in [0, 0.1) is 23.7 Å². The van der Waals surface area contributed by atoms with Crippen LogP contribution in [0.3, 0.4) is 0 Å². The zero-order chi connectivity index (χ0) is 20.7. The van der Waals surface area contributed by atoms with Crippen LogP contribution in [0.2, 0.25) is 0 Å². The van der Waals surface area contributed by atoms with Gasteiger partial charge in [0.1, 0.15) is 0 Å². The smallest absolute Gasteiger partial charge is 0.233 e. The summed E-state index contributed by atoms with van der Waals surface area (Å²) in [5, 5.41) is 0. The molecule has 5 aliphatic rings. The van der Waals surface area contributed by atoms with Crippen molar-refractivity contribution in [3.05, 3.63) is 48.0 Å². The number of allylic oxidation sites excluding steroid dienone is 2. The molecular weight excluding hydrogens is 378 g/mol. The molecule has 0 unspecified atom stereocenters. The van der Waals surface area contributed by atoms with Gasteiger partial charge in [-0.3, -0.25) is 24.2 Å². The number of piperazine rings is 1. The van der Waals surface area contributed by atoms with E-state index in [9.17, 15) is 14.4 Å². The van der Waals surface area contributed by atoms with E-state index in [2.05, 4.69) is 29.2 Å². The van der Waals surface area contributed by atoms with E-state index in [0.717, 1.165) is 32.5 Å². The molecule has 3 amide bonds. The summed E-state index contributed by atoms with van der Waals surface area (Å²) in [7, 11) is 0. The number of nitrogens with zero attached hydrogens (tertiary/aromatic N) is 3. The van der Waals surface area contributed by atoms with Crippen LogP contribution in [0.5, 0.6) is 0 Å². The van der Waals surface area contributed by atoms with Crippen molar-refractivity contribution in [2.45, 2.75) is 25.8 Å².